The Morgan fingerprint density at radius 1 is 1.18 bits per heavy atom. The molecule has 0 aromatic heterocycles. The quantitative estimate of drug-likeness (QED) is 0.850. The van der Waals surface area contributed by atoms with Gasteiger partial charge in [-0.1, -0.05) is 29.8 Å². The molecule has 1 N–H and O–H groups in total. The van der Waals surface area contributed by atoms with Crippen LogP contribution in [0.15, 0.2) is 42.5 Å². The van der Waals surface area contributed by atoms with Crippen LogP contribution in [0.1, 0.15) is 11.1 Å². The molecule has 0 saturated heterocycles. The summed E-state index contributed by atoms with van der Waals surface area (Å²) in [6.45, 7) is 2.44. The van der Waals surface area contributed by atoms with Gasteiger partial charge in [0.15, 0.2) is 0 Å². The Morgan fingerprint density at radius 3 is 2.65 bits per heavy atom. The summed E-state index contributed by atoms with van der Waals surface area (Å²) in [6.07, 6.45) is 0. The van der Waals surface area contributed by atoms with Gasteiger partial charge in [0.25, 0.3) is 0 Å². The smallest absolute Gasteiger partial charge is 0.128 e. The highest BCUT2D eigenvalue weighted by Crippen LogP contribution is 2.20. The van der Waals surface area contributed by atoms with E-state index in [1.54, 1.807) is 12.1 Å². The number of benzene rings is 2. The molecular formula is C14H13ClFN. The van der Waals surface area contributed by atoms with Gasteiger partial charge >= 0.3 is 0 Å². The van der Waals surface area contributed by atoms with Crippen LogP contribution in [0.5, 0.6) is 0 Å². The van der Waals surface area contributed by atoms with Crippen molar-refractivity contribution in [3.63, 3.8) is 0 Å². The molecule has 0 heterocycles. The molecule has 0 unspecified atom stereocenters. The molecule has 0 saturated carbocycles. The molecule has 2 aromatic carbocycles. The molecule has 2 rings (SSSR count). The Balaban J connectivity index is 2.10. The van der Waals surface area contributed by atoms with Gasteiger partial charge in [-0.05, 0) is 36.8 Å². The van der Waals surface area contributed by atoms with Crippen LogP contribution in [0.4, 0.5) is 10.1 Å². The highest BCUT2D eigenvalue weighted by Gasteiger charge is 2.02. The van der Waals surface area contributed by atoms with Crippen LogP contribution in [0.2, 0.25) is 5.02 Å². The largest absolute Gasteiger partial charge is 0.381 e. The van der Waals surface area contributed by atoms with Crippen molar-refractivity contribution in [3.8, 4) is 0 Å². The van der Waals surface area contributed by atoms with Crippen molar-refractivity contribution in [3.05, 3.63) is 64.4 Å². The van der Waals surface area contributed by atoms with Crippen LogP contribution < -0.4 is 5.32 Å². The van der Waals surface area contributed by atoms with E-state index in [0.717, 1.165) is 11.3 Å². The van der Waals surface area contributed by atoms with Gasteiger partial charge in [0, 0.05) is 22.8 Å². The molecule has 0 atom stereocenters. The molecule has 0 aliphatic rings. The monoisotopic (exact) mass is 249 g/mol. The van der Waals surface area contributed by atoms with Crippen LogP contribution >= 0.6 is 11.6 Å². The van der Waals surface area contributed by atoms with E-state index in [9.17, 15) is 4.39 Å². The van der Waals surface area contributed by atoms with Crippen molar-refractivity contribution in [2.24, 2.45) is 0 Å². The lowest BCUT2D eigenvalue weighted by molar-refractivity contribution is 0.613. The molecule has 0 amide bonds. The standard InChI is InChI=1S/C14H13ClFN/c1-10-8-12(15)6-7-14(10)17-9-11-4-2-3-5-13(11)16/h2-8,17H,9H2,1H3. The molecule has 0 bridgehead atoms. The highest BCUT2D eigenvalue weighted by molar-refractivity contribution is 6.30. The first-order valence-electron chi connectivity index (χ1n) is 5.40. The Morgan fingerprint density at radius 2 is 1.94 bits per heavy atom. The van der Waals surface area contributed by atoms with Gasteiger partial charge < -0.3 is 5.32 Å². The third kappa shape index (κ3) is 2.98. The summed E-state index contributed by atoms with van der Waals surface area (Å²) in [7, 11) is 0. The van der Waals surface area contributed by atoms with Crippen LogP contribution in [-0.4, -0.2) is 0 Å². The van der Waals surface area contributed by atoms with Crippen molar-refractivity contribution < 1.29 is 4.39 Å². The lowest BCUT2D eigenvalue weighted by Crippen LogP contribution is -2.02. The number of anilines is 1. The molecule has 88 valence electrons. The Labute approximate surface area is 105 Å². The first-order valence-corrected chi connectivity index (χ1v) is 5.78. The molecule has 0 fully saturated rings. The zero-order chi connectivity index (χ0) is 12.3. The summed E-state index contributed by atoms with van der Waals surface area (Å²) in [6, 6.07) is 12.3. The zero-order valence-electron chi connectivity index (χ0n) is 9.50. The molecule has 0 aliphatic carbocycles. The van der Waals surface area contributed by atoms with E-state index in [1.807, 2.05) is 31.2 Å². The van der Waals surface area contributed by atoms with Gasteiger partial charge in [0.2, 0.25) is 0 Å². The summed E-state index contributed by atoms with van der Waals surface area (Å²) in [5.41, 5.74) is 2.67. The van der Waals surface area contributed by atoms with Crippen LogP contribution in [-0.2, 0) is 6.54 Å². The second-order valence-corrected chi connectivity index (χ2v) is 4.34. The number of hydrogen-bond acceptors (Lipinski definition) is 1. The van der Waals surface area contributed by atoms with Gasteiger partial charge in [-0.25, -0.2) is 4.39 Å². The first-order chi connectivity index (χ1) is 8.16. The van der Waals surface area contributed by atoms with E-state index in [4.69, 9.17) is 11.6 Å². The minimum Gasteiger partial charge on any atom is -0.381 e. The number of halogens is 2. The Bertz CT molecular complexity index is 525. The molecule has 0 spiro atoms. The van der Waals surface area contributed by atoms with Gasteiger partial charge in [0.05, 0.1) is 0 Å². The summed E-state index contributed by atoms with van der Waals surface area (Å²) >= 11 is 5.87. The molecular weight excluding hydrogens is 237 g/mol. The van der Waals surface area contributed by atoms with Crippen molar-refractivity contribution >= 4 is 17.3 Å². The van der Waals surface area contributed by atoms with Gasteiger partial charge in [0.1, 0.15) is 5.82 Å². The van der Waals surface area contributed by atoms with Crippen molar-refractivity contribution in [1.82, 2.24) is 0 Å². The van der Waals surface area contributed by atoms with E-state index in [0.29, 0.717) is 17.1 Å². The fourth-order valence-electron chi connectivity index (χ4n) is 1.66. The number of hydrogen-bond donors (Lipinski definition) is 1. The molecule has 0 radical (unpaired) electrons. The number of nitrogens with one attached hydrogen (secondary N) is 1. The first kappa shape index (κ1) is 11.9. The summed E-state index contributed by atoms with van der Waals surface area (Å²) in [5, 5.41) is 3.91. The van der Waals surface area contributed by atoms with E-state index < -0.39 is 0 Å². The maximum absolute atomic E-state index is 13.4. The molecule has 1 nitrogen and oxygen atoms in total. The third-order valence-electron chi connectivity index (χ3n) is 2.62. The average Bonchev–Trinajstić information content (AvgIpc) is 2.30. The maximum atomic E-state index is 13.4. The highest BCUT2D eigenvalue weighted by atomic mass is 35.5. The third-order valence-corrected chi connectivity index (χ3v) is 2.85. The van der Waals surface area contributed by atoms with Crippen LogP contribution in [0.25, 0.3) is 0 Å². The normalized spacial score (nSPS) is 10.3. The summed E-state index contributed by atoms with van der Waals surface area (Å²) in [4.78, 5) is 0. The van der Waals surface area contributed by atoms with Gasteiger partial charge in [-0.2, -0.15) is 0 Å². The van der Waals surface area contributed by atoms with Crippen LogP contribution in [0.3, 0.4) is 0 Å². The van der Waals surface area contributed by atoms with Crippen molar-refractivity contribution in [1.29, 1.82) is 0 Å². The van der Waals surface area contributed by atoms with Crippen molar-refractivity contribution in [2.75, 3.05) is 5.32 Å². The topological polar surface area (TPSA) is 12.0 Å². The van der Waals surface area contributed by atoms with E-state index >= 15 is 0 Å². The van der Waals surface area contributed by atoms with Gasteiger partial charge in [-0.3, -0.25) is 0 Å². The molecule has 2 aromatic rings. The fraction of sp³-hybridized carbons (Fsp3) is 0.143. The van der Waals surface area contributed by atoms with Gasteiger partial charge in [-0.15, -0.1) is 0 Å². The van der Waals surface area contributed by atoms with E-state index in [1.165, 1.54) is 6.07 Å². The minimum atomic E-state index is -0.188. The second-order valence-electron chi connectivity index (χ2n) is 3.90. The predicted octanol–water partition coefficient (Wildman–Crippen LogP) is 4.40. The fourth-order valence-corrected chi connectivity index (χ4v) is 1.88. The molecule has 3 heteroatoms. The minimum absolute atomic E-state index is 0.188. The molecule has 17 heavy (non-hydrogen) atoms. The lowest BCUT2D eigenvalue weighted by atomic mass is 10.1. The van der Waals surface area contributed by atoms with Crippen molar-refractivity contribution in [2.45, 2.75) is 13.5 Å². The van der Waals surface area contributed by atoms with Crippen LogP contribution in [0, 0.1) is 12.7 Å². The maximum Gasteiger partial charge on any atom is 0.128 e. The number of rotatable bonds is 3. The number of aryl methyl sites for hydroxylation is 1. The SMILES string of the molecule is Cc1cc(Cl)ccc1NCc1ccccc1F. The zero-order valence-corrected chi connectivity index (χ0v) is 10.3. The lowest BCUT2D eigenvalue weighted by Gasteiger charge is -2.10. The predicted molar refractivity (Wildman–Crippen MR) is 69.9 cm³/mol. The Kier molecular flexibility index (Phi) is 3.64. The molecule has 0 aliphatic heterocycles. The average molecular weight is 250 g/mol. The summed E-state index contributed by atoms with van der Waals surface area (Å²) < 4.78 is 13.4. The van der Waals surface area contributed by atoms with E-state index in [2.05, 4.69) is 5.32 Å². The summed E-state index contributed by atoms with van der Waals surface area (Å²) in [5.74, 6) is -0.188. The Hall–Kier alpha value is -1.54. The van der Waals surface area contributed by atoms with E-state index in [-0.39, 0.29) is 5.82 Å². The second kappa shape index (κ2) is 5.19.